The number of hydrogen-bond donors (Lipinski definition) is 0. The van der Waals surface area contributed by atoms with Crippen LogP contribution >= 0.6 is 22.7 Å². The zero-order valence-corrected chi connectivity index (χ0v) is 14.3. The highest BCUT2D eigenvalue weighted by molar-refractivity contribution is 7.11. The first kappa shape index (κ1) is 16.0. The molecule has 4 heteroatoms. The third kappa shape index (κ3) is 3.70. The lowest BCUT2D eigenvalue weighted by Gasteiger charge is -2.00. The summed E-state index contributed by atoms with van der Waals surface area (Å²) in [7, 11) is 0. The van der Waals surface area contributed by atoms with Crippen molar-refractivity contribution in [3.63, 3.8) is 0 Å². The van der Waals surface area contributed by atoms with Crippen LogP contribution in [0.5, 0.6) is 0 Å². The largest absolute Gasteiger partial charge is 0.192 e. The molecule has 0 fully saturated rings. The zero-order chi connectivity index (χ0) is 16.8. The average molecular weight is 344 g/mol. The lowest BCUT2D eigenvalue weighted by molar-refractivity contribution is 1.53. The first-order valence-corrected chi connectivity index (χ1v) is 8.97. The molecule has 2 aromatic heterocycles. The molecule has 2 nitrogen and oxygen atoms in total. The van der Waals surface area contributed by atoms with E-state index >= 15 is 0 Å². The lowest BCUT2D eigenvalue weighted by atomic mass is 10.1. The van der Waals surface area contributed by atoms with Crippen molar-refractivity contribution in [1.82, 2.24) is 0 Å². The minimum atomic E-state index is 0.643. The molecule has 0 unspecified atom stereocenters. The maximum Gasteiger partial charge on any atom is 0.101 e. The second kappa shape index (κ2) is 7.57. The number of nitrogens with zero attached hydrogens (tertiary/aromatic N) is 2. The predicted molar refractivity (Wildman–Crippen MR) is 102 cm³/mol. The molecule has 0 amide bonds. The Hall–Kier alpha value is -2.92. The Morgan fingerprint density at radius 3 is 1.62 bits per heavy atom. The first-order valence-electron chi connectivity index (χ1n) is 7.21. The highest BCUT2D eigenvalue weighted by Gasteiger charge is 2.04. The zero-order valence-electron chi connectivity index (χ0n) is 12.6. The quantitative estimate of drug-likeness (QED) is 0.550. The summed E-state index contributed by atoms with van der Waals surface area (Å²) in [6.45, 7) is 0. The van der Waals surface area contributed by atoms with Crippen molar-refractivity contribution in [2.45, 2.75) is 0 Å². The summed E-state index contributed by atoms with van der Waals surface area (Å²) in [5.41, 5.74) is 3.17. The molecule has 3 aromatic rings. The predicted octanol–water partition coefficient (Wildman–Crippen LogP) is 5.94. The molecule has 24 heavy (non-hydrogen) atoms. The second-order valence-corrected chi connectivity index (χ2v) is 6.86. The summed E-state index contributed by atoms with van der Waals surface area (Å²) in [4.78, 5) is 1.91. The van der Waals surface area contributed by atoms with Crippen LogP contribution < -0.4 is 0 Å². The van der Waals surface area contributed by atoms with Gasteiger partial charge in [-0.3, -0.25) is 0 Å². The highest BCUT2D eigenvalue weighted by Crippen LogP contribution is 2.25. The van der Waals surface area contributed by atoms with Gasteiger partial charge in [0.1, 0.15) is 12.1 Å². The van der Waals surface area contributed by atoms with Gasteiger partial charge in [-0.25, -0.2) is 0 Å². The molecular formula is C20H12N2S2. The van der Waals surface area contributed by atoms with Gasteiger partial charge in [0.05, 0.1) is 11.1 Å². The summed E-state index contributed by atoms with van der Waals surface area (Å²) in [6.07, 6.45) is 3.75. The van der Waals surface area contributed by atoms with Crippen LogP contribution in [-0.2, 0) is 0 Å². The van der Waals surface area contributed by atoms with E-state index in [1.807, 2.05) is 71.4 Å². The van der Waals surface area contributed by atoms with Crippen molar-refractivity contribution in [3.05, 3.63) is 80.2 Å². The van der Waals surface area contributed by atoms with Crippen LogP contribution in [0.2, 0.25) is 0 Å². The van der Waals surface area contributed by atoms with E-state index < -0.39 is 0 Å². The summed E-state index contributed by atoms with van der Waals surface area (Å²) < 4.78 is 0. The monoisotopic (exact) mass is 344 g/mol. The molecule has 0 N–H and O–H groups in total. The van der Waals surface area contributed by atoms with E-state index in [0.717, 1.165) is 20.9 Å². The number of benzene rings is 1. The third-order valence-corrected chi connectivity index (χ3v) is 5.15. The fourth-order valence-corrected chi connectivity index (χ4v) is 3.64. The molecule has 0 aliphatic rings. The van der Waals surface area contributed by atoms with Gasteiger partial charge in [-0.1, -0.05) is 30.3 Å². The van der Waals surface area contributed by atoms with E-state index in [9.17, 15) is 10.5 Å². The molecule has 3 rings (SSSR count). The standard InChI is InChI=1S/C20H12N2S2/c21-13-17(19-6-2-8-23-19)11-15-4-1-5-16(10-15)12-18(14-22)20-7-3-9-24-20/h1-12H/b17-11+,18-12+. The van der Waals surface area contributed by atoms with E-state index in [0.29, 0.717) is 11.1 Å². The molecule has 114 valence electrons. The lowest BCUT2D eigenvalue weighted by Crippen LogP contribution is -1.81. The van der Waals surface area contributed by atoms with Gasteiger partial charge >= 0.3 is 0 Å². The van der Waals surface area contributed by atoms with Gasteiger partial charge in [0.2, 0.25) is 0 Å². The van der Waals surface area contributed by atoms with E-state index in [-0.39, 0.29) is 0 Å². The van der Waals surface area contributed by atoms with Crippen molar-refractivity contribution in [3.8, 4) is 12.1 Å². The van der Waals surface area contributed by atoms with Crippen LogP contribution in [0.15, 0.2) is 59.3 Å². The molecular weight excluding hydrogens is 332 g/mol. The van der Waals surface area contributed by atoms with Crippen LogP contribution in [0, 0.1) is 22.7 Å². The van der Waals surface area contributed by atoms with Crippen molar-refractivity contribution < 1.29 is 0 Å². The first-order chi connectivity index (χ1) is 11.8. The second-order valence-electron chi connectivity index (χ2n) is 4.96. The summed E-state index contributed by atoms with van der Waals surface area (Å²) >= 11 is 3.09. The van der Waals surface area contributed by atoms with Crippen LogP contribution in [0.4, 0.5) is 0 Å². The maximum absolute atomic E-state index is 9.37. The van der Waals surface area contributed by atoms with Gasteiger partial charge < -0.3 is 0 Å². The molecule has 0 saturated carbocycles. The van der Waals surface area contributed by atoms with E-state index in [1.54, 1.807) is 22.7 Å². The molecule has 0 aliphatic carbocycles. The van der Waals surface area contributed by atoms with Gasteiger partial charge in [-0.15, -0.1) is 22.7 Å². The molecule has 0 saturated heterocycles. The normalized spacial score (nSPS) is 11.8. The van der Waals surface area contributed by atoms with Crippen LogP contribution in [0.1, 0.15) is 20.9 Å². The van der Waals surface area contributed by atoms with Crippen LogP contribution in [0.3, 0.4) is 0 Å². The minimum absolute atomic E-state index is 0.643. The Morgan fingerprint density at radius 1 is 0.750 bits per heavy atom. The third-order valence-electron chi connectivity index (χ3n) is 3.35. The molecule has 0 radical (unpaired) electrons. The van der Waals surface area contributed by atoms with Gasteiger partial charge in [0.25, 0.3) is 0 Å². The van der Waals surface area contributed by atoms with Crippen molar-refractivity contribution in [1.29, 1.82) is 10.5 Å². The minimum Gasteiger partial charge on any atom is -0.192 e. The van der Waals surface area contributed by atoms with Gasteiger partial charge in [-0.2, -0.15) is 10.5 Å². The Morgan fingerprint density at radius 2 is 1.25 bits per heavy atom. The van der Waals surface area contributed by atoms with Gasteiger partial charge in [0, 0.05) is 9.75 Å². The molecule has 2 heterocycles. The Balaban J connectivity index is 1.96. The summed E-state index contributed by atoms with van der Waals surface area (Å²) in [5, 5.41) is 22.7. The number of rotatable bonds is 4. The van der Waals surface area contributed by atoms with E-state index in [1.165, 1.54) is 0 Å². The summed E-state index contributed by atoms with van der Waals surface area (Å²) in [6, 6.07) is 20.1. The number of hydrogen-bond acceptors (Lipinski definition) is 4. The maximum atomic E-state index is 9.37. The number of nitriles is 2. The topological polar surface area (TPSA) is 47.6 Å². The molecule has 0 atom stereocenters. The van der Waals surface area contributed by atoms with Crippen molar-refractivity contribution in [2.24, 2.45) is 0 Å². The molecule has 1 aromatic carbocycles. The molecule has 0 aliphatic heterocycles. The fraction of sp³-hybridized carbons (Fsp3) is 0. The van der Waals surface area contributed by atoms with E-state index in [4.69, 9.17) is 0 Å². The fourth-order valence-electron chi connectivity index (χ4n) is 2.25. The van der Waals surface area contributed by atoms with Gasteiger partial charge in [-0.05, 0) is 52.2 Å². The number of thiophene rings is 2. The van der Waals surface area contributed by atoms with Crippen LogP contribution in [0.25, 0.3) is 23.3 Å². The van der Waals surface area contributed by atoms with Crippen molar-refractivity contribution in [2.75, 3.05) is 0 Å². The average Bonchev–Trinajstić information content (AvgIpc) is 3.31. The van der Waals surface area contributed by atoms with Crippen LogP contribution in [-0.4, -0.2) is 0 Å². The van der Waals surface area contributed by atoms with E-state index in [2.05, 4.69) is 12.1 Å². The highest BCUT2D eigenvalue weighted by atomic mass is 32.1. The Kier molecular flexibility index (Phi) is 5.03. The molecule has 0 bridgehead atoms. The SMILES string of the molecule is N#C/C(=C\c1cccc(/C=C(\C#N)c2cccs2)c1)c1cccs1. The van der Waals surface area contributed by atoms with Gasteiger partial charge in [0.15, 0.2) is 0 Å². The molecule has 0 spiro atoms. The van der Waals surface area contributed by atoms with Crippen molar-refractivity contribution >= 4 is 46.0 Å². The Labute approximate surface area is 148 Å². The number of allylic oxidation sites excluding steroid dienone is 2. The smallest absolute Gasteiger partial charge is 0.101 e. The Bertz CT molecular complexity index is 886. The summed E-state index contributed by atoms with van der Waals surface area (Å²) in [5.74, 6) is 0.